The number of hydrogen-bond acceptors (Lipinski definition) is 6. The van der Waals surface area contributed by atoms with Gasteiger partial charge in [0.1, 0.15) is 30.3 Å². The Morgan fingerprint density at radius 3 is 2.67 bits per heavy atom. The SMILES string of the molecule is COC(=O)c1ccc(-c2ccc3c(c2)CCC(CNCC(O)COc2cccc4[nH]c5ccccc5c24)O3)cc1. The molecule has 0 aliphatic carbocycles. The van der Waals surface area contributed by atoms with Crippen LogP contribution in [0, 0.1) is 0 Å². The van der Waals surface area contributed by atoms with Crippen LogP contribution in [0.15, 0.2) is 84.9 Å². The third-order valence-corrected chi connectivity index (χ3v) is 7.40. The van der Waals surface area contributed by atoms with Crippen LogP contribution in [-0.2, 0) is 11.2 Å². The predicted molar refractivity (Wildman–Crippen MR) is 156 cm³/mol. The van der Waals surface area contributed by atoms with Gasteiger partial charge in [-0.1, -0.05) is 42.5 Å². The van der Waals surface area contributed by atoms with Gasteiger partial charge in [-0.2, -0.15) is 0 Å². The number of aliphatic hydroxyl groups is 1. The van der Waals surface area contributed by atoms with Gasteiger partial charge in [0.2, 0.25) is 0 Å². The fourth-order valence-electron chi connectivity index (χ4n) is 5.33. The zero-order valence-corrected chi connectivity index (χ0v) is 22.4. The Balaban J connectivity index is 1.00. The summed E-state index contributed by atoms with van der Waals surface area (Å²) >= 11 is 0. The van der Waals surface area contributed by atoms with E-state index < -0.39 is 6.10 Å². The van der Waals surface area contributed by atoms with Crippen molar-refractivity contribution >= 4 is 27.8 Å². The number of aliphatic hydroxyl groups excluding tert-OH is 1. The van der Waals surface area contributed by atoms with Crippen molar-refractivity contribution in [2.24, 2.45) is 0 Å². The van der Waals surface area contributed by atoms with E-state index in [1.807, 2.05) is 54.6 Å². The van der Waals surface area contributed by atoms with Crippen molar-refractivity contribution in [3.63, 3.8) is 0 Å². The third kappa shape index (κ3) is 5.39. The molecule has 1 aliphatic heterocycles. The van der Waals surface area contributed by atoms with E-state index >= 15 is 0 Å². The van der Waals surface area contributed by atoms with Crippen LogP contribution in [0.5, 0.6) is 11.5 Å². The first-order chi connectivity index (χ1) is 19.6. The second kappa shape index (κ2) is 11.4. The lowest BCUT2D eigenvalue weighted by molar-refractivity contribution is 0.0600. The monoisotopic (exact) mass is 536 g/mol. The summed E-state index contributed by atoms with van der Waals surface area (Å²) in [6.45, 7) is 1.26. The Kier molecular flexibility index (Phi) is 7.40. The number of para-hydroxylation sites is 1. The van der Waals surface area contributed by atoms with Crippen LogP contribution in [0.1, 0.15) is 22.3 Å². The number of H-pyrrole nitrogens is 1. The van der Waals surface area contributed by atoms with Gasteiger partial charge in [-0.25, -0.2) is 4.79 Å². The fraction of sp³-hybridized carbons (Fsp3) is 0.242. The number of fused-ring (bicyclic) bond motifs is 4. The molecule has 5 aromatic rings. The van der Waals surface area contributed by atoms with Gasteiger partial charge in [-0.05, 0) is 72.0 Å². The molecule has 4 aromatic carbocycles. The average molecular weight is 537 g/mol. The van der Waals surface area contributed by atoms with Crippen LogP contribution >= 0.6 is 0 Å². The van der Waals surface area contributed by atoms with E-state index in [9.17, 15) is 9.90 Å². The van der Waals surface area contributed by atoms with Gasteiger partial charge in [0.05, 0.1) is 18.2 Å². The summed E-state index contributed by atoms with van der Waals surface area (Å²) in [6.07, 6.45) is 1.19. The van der Waals surface area contributed by atoms with Crippen molar-refractivity contribution in [1.82, 2.24) is 10.3 Å². The molecule has 2 atom stereocenters. The zero-order chi connectivity index (χ0) is 27.5. The first-order valence-electron chi connectivity index (χ1n) is 13.6. The number of carbonyl (C=O) groups is 1. The number of aryl methyl sites for hydroxylation is 1. The number of aromatic amines is 1. The molecule has 0 spiro atoms. The summed E-state index contributed by atoms with van der Waals surface area (Å²) in [5.74, 6) is 1.32. The maximum atomic E-state index is 11.7. The van der Waals surface area contributed by atoms with Gasteiger partial charge < -0.3 is 29.6 Å². The van der Waals surface area contributed by atoms with Crippen LogP contribution in [0.25, 0.3) is 32.9 Å². The summed E-state index contributed by atoms with van der Waals surface area (Å²) in [4.78, 5) is 15.1. The lowest BCUT2D eigenvalue weighted by Crippen LogP contribution is -2.39. The zero-order valence-electron chi connectivity index (χ0n) is 22.4. The molecule has 0 saturated carbocycles. The van der Waals surface area contributed by atoms with Gasteiger partial charge in [0, 0.05) is 29.4 Å². The lowest BCUT2D eigenvalue weighted by atomic mass is 9.96. The van der Waals surface area contributed by atoms with Crippen LogP contribution in [0.4, 0.5) is 0 Å². The molecule has 2 unspecified atom stereocenters. The fourth-order valence-corrected chi connectivity index (χ4v) is 5.33. The van der Waals surface area contributed by atoms with E-state index in [0.717, 1.165) is 57.3 Å². The van der Waals surface area contributed by atoms with Crippen LogP contribution in [0.3, 0.4) is 0 Å². The summed E-state index contributed by atoms with van der Waals surface area (Å²) in [5.41, 5.74) is 5.91. The van der Waals surface area contributed by atoms with Crippen molar-refractivity contribution in [2.45, 2.75) is 25.0 Å². The summed E-state index contributed by atoms with van der Waals surface area (Å²) in [7, 11) is 1.38. The molecule has 1 aliphatic rings. The Bertz CT molecular complexity index is 1640. The lowest BCUT2D eigenvalue weighted by Gasteiger charge is -2.27. The summed E-state index contributed by atoms with van der Waals surface area (Å²) in [6, 6.07) is 27.7. The largest absolute Gasteiger partial charge is 0.490 e. The van der Waals surface area contributed by atoms with Gasteiger partial charge in [-0.15, -0.1) is 0 Å². The van der Waals surface area contributed by atoms with Gasteiger partial charge in [0.25, 0.3) is 0 Å². The topological polar surface area (TPSA) is 92.8 Å². The molecule has 204 valence electrons. The number of ether oxygens (including phenoxy) is 3. The Labute approximate surface area is 232 Å². The molecule has 0 fully saturated rings. The number of benzene rings is 4. The minimum Gasteiger partial charge on any atom is -0.490 e. The Morgan fingerprint density at radius 1 is 1.02 bits per heavy atom. The van der Waals surface area contributed by atoms with Crippen LogP contribution in [-0.4, -0.2) is 55.1 Å². The highest BCUT2D eigenvalue weighted by Crippen LogP contribution is 2.34. The normalized spacial score (nSPS) is 15.4. The average Bonchev–Trinajstić information content (AvgIpc) is 3.39. The highest BCUT2D eigenvalue weighted by atomic mass is 16.5. The minimum atomic E-state index is -0.649. The molecule has 1 aromatic heterocycles. The molecule has 2 heterocycles. The van der Waals surface area contributed by atoms with Crippen molar-refractivity contribution in [3.8, 4) is 22.6 Å². The third-order valence-electron chi connectivity index (χ3n) is 7.40. The maximum absolute atomic E-state index is 11.7. The quantitative estimate of drug-likeness (QED) is 0.216. The van der Waals surface area contributed by atoms with E-state index in [4.69, 9.17) is 14.2 Å². The predicted octanol–water partition coefficient (Wildman–Crippen LogP) is 5.50. The van der Waals surface area contributed by atoms with Crippen molar-refractivity contribution in [2.75, 3.05) is 26.8 Å². The maximum Gasteiger partial charge on any atom is 0.337 e. The number of carbonyl (C=O) groups excluding carboxylic acids is 1. The second-order valence-electron chi connectivity index (χ2n) is 10.1. The van der Waals surface area contributed by atoms with Gasteiger partial charge >= 0.3 is 5.97 Å². The Morgan fingerprint density at radius 2 is 1.82 bits per heavy atom. The van der Waals surface area contributed by atoms with E-state index in [0.29, 0.717) is 18.7 Å². The molecular weight excluding hydrogens is 504 g/mol. The van der Waals surface area contributed by atoms with E-state index in [1.165, 1.54) is 12.7 Å². The number of hydrogen-bond donors (Lipinski definition) is 3. The first-order valence-corrected chi connectivity index (χ1v) is 13.6. The van der Waals surface area contributed by atoms with E-state index in [-0.39, 0.29) is 18.7 Å². The second-order valence-corrected chi connectivity index (χ2v) is 10.1. The molecule has 40 heavy (non-hydrogen) atoms. The van der Waals surface area contributed by atoms with Crippen molar-refractivity contribution in [1.29, 1.82) is 0 Å². The summed E-state index contributed by atoms with van der Waals surface area (Å²) in [5, 5.41) is 16.1. The highest BCUT2D eigenvalue weighted by molar-refractivity contribution is 6.10. The number of rotatable bonds is 9. The first kappa shape index (κ1) is 25.9. The van der Waals surface area contributed by atoms with Crippen molar-refractivity contribution in [3.05, 3.63) is 96.1 Å². The highest BCUT2D eigenvalue weighted by Gasteiger charge is 2.21. The van der Waals surface area contributed by atoms with E-state index in [2.05, 4.69) is 28.5 Å². The number of aromatic nitrogens is 1. The molecule has 0 bridgehead atoms. The van der Waals surface area contributed by atoms with Gasteiger partial charge in [0.15, 0.2) is 0 Å². The minimum absolute atomic E-state index is 0.0331. The smallest absolute Gasteiger partial charge is 0.337 e. The number of esters is 1. The van der Waals surface area contributed by atoms with Crippen LogP contribution < -0.4 is 14.8 Å². The molecule has 0 saturated heterocycles. The van der Waals surface area contributed by atoms with Crippen LogP contribution in [0.2, 0.25) is 0 Å². The van der Waals surface area contributed by atoms with Crippen molar-refractivity contribution < 1.29 is 24.1 Å². The Hall–Kier alpha value is -4.33. The molecule has 6 rings (SSSR count). The molecule has 0 radical (unpaired) electrons. The molecule has 0 amide bonds. The summed E-state index contributed by atoms with van der Waals surface area (Å²) < 4.78 is 17.1. The number of methoxy groups -OCH3 is 1. The molecule has 7 nitrogen and oxygen atoms in total. The molecule has 3 N–H and O–H groups in total. The number of nitrogens with one attached hydrogen (secondary N) is 2. The standard InChI is InChI=1S/C33H32N2O5/c1-38-33(37)22-11-9-21(10-12-22)23-14-16-30-24(17-23)13-15-26(40-30)19-34-18-25(36)20-39-31-8-4-7-29-32(31)27-5-2-3-6-28(27)35-29/h2-12,14,16-17,25-26,34-36H,13,15,18-20H2,1H3. The van der Waals surface area contributed by atoms with Gasteiger partial charge in [-0.3, -0.25) is 0 Å². The molecular formula is C33H32N2O5. The van der Waals surface area contributed by atoms with E-state index in [1.54, 1.807) is 12.1 Å². The molecule has 7 heteroatoms.